The summed E-state index contributed by atoms with van der Waals surface area (Å²) in [5, 5.41) is 5.99. The standard InChI is InChI=1S/C17H27N3O3S/c1-2-10-18-11-12-19-17(21)14-6-5-9-16(13-14)24(22,23)20-15-7-3-4-8-15/h5-6,9,13,15,18,20H,2-4,7-8,10-12H2,1H3,(H,19,21). The molecule has 1 aromatic rings. The molecular formula is C17H27N3O3S. The second kappa shape index (κ2) is 9.15. The van der Waals surface area contributed by atoms with E-state index in [4.69, 9.17) is 0 Å². The number of sulfonamides is 1. The minimum Gasteiger partial charge on any atom is -0.351 e. The van der Waals surface area contributed by atoms with Crippen molar-refractivity contribution in [2.24, 2.45) is 0 Å². The van der Waals surface area contributed by atoms with Crippen molar-refractivity contribution in [3.8, 4) is 0 Å². The van der Waals surface area contributed by atoms with Gasteiger partial charge < -0.3 is 10.6 Å². The maximum absolute atomic E-state index is 12.4. The molecule has 1 aromatic carbocycles. The second-order valence-corrected chi connectivity index (χ2v) is 7.85. The van der Waals surface area contributed by atoms with Crippen LogP contribution in [0.5, 0.6) is 0 Å². The molecule has 7 heteroatoms. The molecule has 2 rings (SSSR count). The van der Waals surface area contributed by atoms with Crippen LogP contribution in [0, 0.1) is 0 Å². The summed E-state index contributed by atoms with van der Waals surface area (Å²) in [6.07, 6.45) is 4.92. The van der Waals surface area contributed by atoms with Gasteiger partial charge in [-0.3, -0.25) is 4.79 Å². The summed E-state index contributed by atoms with van der Waals surface area (Å²) in [6.45, 7) is 4.20. The fourth-order valence-electron chi connectivity index (χ4n) is 2.80. The van der Waals surface area contributed by atoms with E-state index in [0.717, 1.165) is 38.6 Å². The average molecular weight is 353 g/mol. The summed E-state index contributed by atoms with van der Waals surface area (Å²) in [7, 11) is -3.57. The lowest BCUT2D eigenvalue weighted by atomic mass is 10.2. The van der Waals surface area contributed by atoms with E-state index in [2.05, 4.69) is 22.3 Å². The van der Waals surface area contributed by atoms with Crippen molar-refractivity contribution >= 4 is 15.9 Å². The second-order valence-electron chi connectivity index (χ2n) is 6.14. The lowest BCUT2D eigenvalue weighted by molar-refractivity contribution is 0.0953. The minimum absolute atomic E-state index is 0.0112. The molecule has 0 aliphatic heterocycles. The number of rotatable bonds is 9. The maximum atomic E-state index is 12.4. The van der Waals surface area contributed by atoms with Gasteiger partial charge in [0.1, 0.15) is 0 Å². The summed E-state index contributed by atoms with van der Waals surface area (Å²) in [6, 6.07) is 6.21. The highest BCUT2D eigenvalue weighted by Gasteiger charge is 2.23. The number of benzene rings is 1. The quantitative estimate of drug-likeness (QED) is 0.589. The Morgan fingerprint density at radius 1 is 1.17 bits per heavy atom. The normalized spacial score (nSPS) is 15.5. The van der Waals surface area contributed by atoms with Crippen LogP contribution < -0.4 is 15.4 Å². The lowest BCUT2D eigenvalue weighted by Gasteiger charge is -2.13. The minimum atomic E-state index is -3.57. The van der Waals surface area contributed by atoms with Gasteiger partial charge in [-0.1, -0.05) is 25.8 Å². The van der Waals surface area contributed by atoms with E-state index in [1.165, 1.54) is 12.1 Å². The van der Waals surface area contributed by atoms with Gasteiger partial charge in [0, 0.05) is 24.7 Å². The smallest absolute Gasteiger partial charge is 0.251 e. The summed E-state index contributed by atoms with van der Waals surface area (Å²) in [5.41, 5.74) is 0.361. The van der Waals surface area contributed by atoms with Crippen LogP contribution in [-0.2, 0) is 10.0 Å². The predicted octanol–water partition coefficient (Wildman–Crippen LogP) is 1.64. The third-order valence-corrected chi connectivity index (χ3v) is 5.62. The van der Waals surface area contributed by atoms with Gasteiger partial charge >= 0.3 is 0 Å². The predicted molar refractivity (Wildman–Crippen MR) is 94.5 cm³/mol. The molecule has 1 aliphatic rings. The Hall–Kier alpha value is -1.44. The molecule has 0 saturated heterocycles. The van der Waals surface area contributed by atoms with E-state index in [1.54, 1.807) is 12.1 Å². The molecule has 0 atom stereocenters. The molecule has 3 N–H and O–H groups in total. The zero-order chi connectivity index (χ0) is 17.4. The van der Waals surface area contributed by atoms with Crippen LogP contribution in [0.15, 0.2) is 29.2 Å². The molecule has 6 nitrogen and oxygen atoms in total. The van der Waals surface area contributed by atoms with Crippen LogP contribution in [0.1, 0.15) is 49.4 Å². The van der Waals surface area contributed by atoms with Crippen LogP contribution in [0.25, 0.3) is 0 Å². The molecule has 24 heavy (non-hydrogen) atoms. The van der Waals surface area contributed by atoms with Gasteiger partial charge in [-0.15, -0.1) is 0 Å². The molecule has 1 fully saturated rings. The van der Waals surface area contributed by atoms with E-state index < -0.39 is 10.0 Å². The molecule has 0 unspecified atom stereocenters. The molecule has 1 saturated carbocycles. The van der Waals surface area contributed by atoms with Crippen molar-refractivity contribution in [1.82, 2.24) is 15.4 Å². The van der Waals surface area contributed by atoms with Gasteiger partial charge in [-0.25, -0.2) is 13.1 Å². The number of hydrogen-bond donors (Lipinski definition) is 3. The van der Waals surface area contributed by atoms with Crippen molar-refractivity contribution in [1.29, 1.82) is 0 Å². The van der Waals surface area contributed by atoms with E-state index >= 15 is 0 Å². The molecule has 0 bridgehead atoms. The van der Waals surface area contributed by atoms with Crippen molar-refractivity contribution in [2.45, 2.75) is 50.0 Å². The van der Waals surface area contributed by atoms with Crippen LogP contribution in [0.2, 0.25) is 0 Å². The van der Waals surface area contributed by atoms with E-state index in [-0.39, 0.29) is 16.8 Å². The number of nitrogens with one attached hydrogen (secondary N) is 3. The summed E-state index contributed by atoms with van der Waals surface area (Å²) in [5.74, 6) is -0.258. The third kappa shape index (κ3) is 5.58. The Bertz CT molecular complexity index is 640. The van der Waals surface area contributed by atoms with E-state index in [0.29, 0.717) is 18.7 Å². The number of hydrogen-bond acceptors (Lipinski definition) is 4. The first-order chi connectivity index (χ1) is 11.5. The first-order valence-corrected chi connectivity index (χ1v) is 10.1. The molecule has 134 valence electrons. The van der Waals surface area contributed by atoms with Crippen LogP contribution in [0.3, 0.4) is 0 Å². The highest BCUT2D eigenvalue weighted by Crippen LogP contribution is 2.20. The summed E-state index contributed by atoms with van der Waals surface area (Å²) in [4.78, 5) is 12.3. The molecular weight excluding hydrogens is 326 g/mol. The van der Waals surface area contributed by atoms with E-state index in [9.17, 15) is 13.2 Å². The fourth-order valence-corrected chi connectivity index (χ4v) is 4.15. The van der Waals surface area contributed by atoms with Crippen molar-refractivity contribution in [3.63, 3.8) is 0 Å². The zero-order valence-corrected chi connectivity index (χ0v) is 15.0. The topological polar surface area (TPSA) is 87.3 Å². The Kier molecular flexibility index (Phi) is 7.20. The number of amides is 1. The molecule has 0 heterocycles. The largest absolute Gasteiger partial charge is 0.351 e. The molecule has 0 radical (unpaired) electrons. The monoisotopic (exact) mass is 353 g/mol. The maximum Gasteiger partial charge on any atom is 0.251 e. The van der Waals surface area contributed by atoms with Crippen LogP contribution >= 0.6 is 0 Å². The Balaban J connectivity index is 1.95. The van der Waals surface area contributed by atoms with Gasteiger partial charge in [0.05, 0.1) is 4.90 Å². The third-order valence-electron chi connectivity index (χ3n) is 4.10. The molecule has 1 aliphatic carbocycles. The van der Waals surface area contributed by atoms with Gasteiger partial charge in [0.25, 0.3) is 5.91 Å². The molecule has 1 amide bonds. The Morgan fingerprint density at radius 2 is 1.92 bits per heavy atom. The first-order valence-electron chi connectivity index (χ1n) is 8.64. The fraction of sp³-hybridized carbons (Fsp3) is 0.588. The van der Waals surface area contributed by atoms with Crippen LogP contribution in [-0.4, -0.2) is 40.0 Å². The highest BCUT2D eigenvalue weighted by atomic mass is 32.2. The van der Waals surface area contributed by atoms with Gasteiger partial charge in [0.2, 0.25) is 10.0 Å². The van der Waals surface area contributed by atoms with Gasteiger partial charge in [-0.2, -0.15) is 0 Å². The average Bonchev–Trinajstić information content (AvgIpc) is 3.07. The zero-order valence-electron chi connectivity index (χ0n) is 14.2. The highest BCUT2D eigenvalue weighted by molar-refractivity contribution is 7.89. The number of carbonyl (C=O) groups excluding carboxylic acids is 1. The Morgan fingerprint density at radius 3 is 2.62 bits per heavy atom. The summed E-state index contributed by atoms with van der Waals surface area (Å²) < 4.78 is 27.6. The van der Waals surface area contributed by atoms with Crippen molar-refractivity contribution in [3.05, 3.63) is 29.8 Å². The lowest BCUT2D eigenvalue weighted by Crippen LogP contribution is -2.33. The van der Waals surface area contributed by atoms with Gasteiger partial charge in [0.15, 0.2) is 0 Å². The summed E-state index contributed by atoms with van der Waals surface area (Å²) >= 11 is 0. The van der Waals surface area contributed by atoms with Crippen molar-refractivity contribution in [2.75, 3.05) is 19.6 Å². The number of carbonyl (C=O) groups is 1. The van der Waals surface area contributed by atoms with Crippen LogP contribution in [0.4, 0.5) is 0 Å². The van der Waals surface area contributed by atoms with Crippen molar-refractivity contribution < 1.29 is 13.2 Å². The molecule has 0 aromatic heterocycles. The SMILES string of the molecule is CCCNCCNC(=O)c1cccc(S(=O)(=O)NC2CCCC2)c1. The van der Waals surface area contributed by atoms with E-state index in [1.807, 2.05) is 0 Å². The molecule has 0 spiro atoms. The Labute approximate surface area is 144 Å². The van der Waals surface area contributed by atoms with Gasteiger partial charge in [-0.05, 0) is 44.0 Å². The first kappa shape index (κ1) is 18.9.